The molecule has 7 nitrogen and oxygen atoms in total. The number of ether oxygens (including phenoxy) is 1. The Labute approximate surface area is 179 Å². The first-order valence-corrected chi connectivity index (χ1v) is 9.69. The van der Waals surface area contributed by atoms with Crippen LogP contribution in [0.3, 0.4) is 0 Å². The number of ketones is 1. The molecule has 0 bridgehead atoms. The van der Waals surface area contributed by atoms with Gasteiger partial charge in [0.2, 0.25) is 11.7 Å². The van der Waals surface area contributed by atoms with Crippen molar-refractivity contribution in [2.45, 2.75) is 19.6 Å². The van der Waals surface area contributed by atoms with E-state index in [0.717, 1.165) is 17.4 Å². The van der Waals surface area contributed by atoms with Crippen molar-refractivity contribution in [3.05, 3.63) is 64.8 Å². The molecule has 3 aromatic rings. The van der Waals surface area contributed by atoms with Gasteiger partial charge in [0.05, 0.1) is 0 Å². The standard InChI is InChI=1S/C20H17F3N4O3S/c1-10(18(25)29)27(13-7-5-12(21)6-8-13)20-26-17(24)16(31-20)15(28)11-3-2-4-14(9-11)30-19(22)23/h2-10,19H,24H2,1H3,(H2,25,29). The minimum absolute atomic E-state index is 0.0352. The monoisotopic (exact) mass is 450 g/mol. The summed E-state index contributed by atoms with van der Waals surface area (Å²) < 4.78 is 42.6. The zero-order valence-electron chi connectivity index (χ0n) is 16.1. The van der Waals surface area contributed by atoms with Gasteiger partial charge < -0.3 is 21.1 Å². The molecule has 11 heteroatoms. The number of carbonyl (C=O) groups excluding carboxylic acids is 2. The third-order valence-electron chi connectivity index (χ3n) is 4.28. The highest BCUT2D eigenvalue weighted by Gasteiger charge is 2.27. The smallest absolute Gasteiger partial charge is 0.387 e. The third-order valence-corrected chi connectivity index (χ3v) is 5.35. The van der Waals surface area contributed by atoms with Crippen LogP contribution in [0.5, 0.6) is 5.75 Å². The van der Waals surface area contributed by atoms with Gasteiger partial charge in [0.1, 0.15) is 28.3 Å². The number of hydrogen-bond acceptors (Lipinski definition) is 7. The van der Waals surface area contributed by atoms with E-state index >= 15 is 0 Å². The van der Waals surface area contributed by atoms with E-state index in [4.69, 9.17) is 11.5 Å². The number of hydrogen-bond donors (Lipinski definition) is 2. The Kier molecular flexibility index (Phi) is 6.44. The van der Waals surface area contributed by atoms with Crippen molar-refractivity contribution >= 4 is 39.7 Å². The summed E-state index contributed by atoms with van der Waals surface area (Å²) in [6.07, 6.45) is 0. The van der Waals surface area contributed by atoms with E-state index in [2.05, 4.69) is 9.72 Å². The van der Waals surface area contributed by atoms with Gasteiger partial charge in [-0.05, 0) is 43.3 Å². The molecule has 1 amide bonds. The lowest BCUT2D eigenvalue weighted by atomic mass is 10.1. The average Bonchev–Trinajstić information content (AvgIpc) is 3.09. The van der Waals surface area contributed by atoms with E-state index in [1.807, 2.05) is 0 Å². The second-order valence-electron chi connectivity index (χ2n) is 6.37. The van der Waals surface area contributed by atoms with Crippen LogP contribution in [0, 0.1) is 5.82 Å². The summed E-state index contributed by atoms with van der Waals surface area (Å²) in [7, 11) is 0. The summed E-state index contributed by atoms with van der Waals surface area (Å²) in [5.74, 6) is -2.01. The summed E-state index contributed by atoms with van der Waals surface area (Å²) in [5.41, 5.74) is 11.9. The summed E-state index contributed by atoms with van der Waals surface area (Å²) in [6.45, 7) is -1.51. The maximum atomic E-state index is 13.3. The maximum absolute atomic E-state index is 13.3. The Balaban J connectivity index is 2.00. The van der Waals surface area contributed by atoms with Crippen LogP contribution in [-0.2, 0) is 4.79 Å². The van der Waals surface area contributed by atoms with Crippen LogP contribution in [0.2, 0.25) is 0 Å². The number of carbonyl (C=O) groups is 2. The molecule has 4 N–H and O–H groups in total. The molecule has 1 unspecified atom stereocenters. The number of nitrogens with two attached hydrogens (primary N) is 2. The van der Waals surface area contributed by atoms with Gasteiger partial charge in [0, 0.05) is 11.3 Å². The fourth-order valence-corrected chi connectivity index (χ4v) is 3.81. The zero-order chi connectivity index (χ0) is 22.7. The lowest BCUT2D eigenvalue weighted by molar-refractivity contribution is -0.118. The number of alkyl halides is 2. The van der Waals surface area contributed by atoms with Gasteiger partial charge in [-0.15, -0.1) is 0 Å². The lowest BCUT2D eigenvalue weighted by Crippen LogP contribution is -2.39. The van der Waals surface area contributed by atoms with Crippen LogP contribution >= 0.6 is 11.3 Å². The zero-order valence-corrected chi connectivity index (χ0v) is 16.9. The molecule has 0 saturated carbocycles. The maximum Gasteiger partial charge on any atom is 0.387 e. The highest BCUT2D eigenvalue weighted by atomic mass is 32.1. The molecule has 0 fully saturated rings. The van der Waals surface area contributed by atoms with Crippen LogP contribution in [0.25, 0.3) is 0 Å². The number of benzene rings is 2. The van der Waals surface area contributed by atoms with Gasteiger partial charge in [-0.2, -0.15) is 8.78 Å². The molecular formula is C20H17F3N4O3S. The van der Waals surface area contributed by atoms with Crippen LogP contribution in [-0.4, -0.2) is 29.3 Å². The van der Waals surface area contributed by atoms with E-state index in [0.29, 0.717) is 5.69 Å². The van der Waals surface area contributed by atoms with Crippen molar-refractivity contribution in [1.82, 2.24) is 4.98 Å². The van der Waals surface area contributed by atoms with Crippen molar-refractivity contribution in [3.8, 4) is 5.75 Å². The number of aromatic nitrogens is 1. The number of thiazole rings is 1. The number of anilines is 3. The highest BCUT2D eigenvalue weighted by Crippen LogP contribution is 2.36. The molecule has 31 heavy (non-hydrogen) atoms. The summed E-state index contributed by atoms with van der Waals surface area (Å²) >= 11 is 0.885. The Morgan fingerprint density at radius 2 is 1.84 bits per heavy atom. The molecule has 0 aliphatic rings. The number of amides is 1. The Morgan fingerprint density at radius 3 is 2.45 bits per heavy atom. The minimum Gasteiger partial charge on any atom is -0.435 e. The van der Waals surface area contributed by atoms with Gasteiger partial charge in [-0.1, -0.05) is 23.5 Å². The fourth-order valence-electron chi connectivity index (χ4n) is 2.76. The highest BCUT2D eigenvalue weighted by molar-refractivity contribution is 7.18. The number of primary amides is 1. The molecule has 1 aromatic heterocycles. The van der Waals surface area contributed by atoms with Gasteiger partial charge in [0.15, 0.2) is 5.13 Å². The van der Waals surface area contributed by atoms with Gasteiger partial charge in [-0.3, -0.25) is 9.59 Å². The molecule has 0 spiro atoms. The molecule has 2 aromatic carbocycles. The number of nitrogen functional groups attached to an aromatic ring is 1. The van der Waals surface area contributed by atoms with E-state index in [9.17, 15) is 22.8 Å². The first-order chi connectivity index (χ1) is 14.7. The second-order valence-corrected chi connectivity index (χ2v) is 7.35. The SMILES string of the molecule is CC(C(N)=O)N(c1ccc(F)cc1)c1nc(N)c(C(=O)c2cccc(OC(F)F)c2)s1. The summed E-state index contributed by atoms with van der Waals surface area (Å²) in [4.78, 5) is 30.4. The van der Waals surface area contributed by atoms with Crippen molar-refractivity contribution in [2.75, 3.05) is 10.6 Å². The topological polar surface area (TPSA) is 112 Å². The van der Waals surface area contributed by atoms with Crippen molar-refractivity contribution in [2.24, 2.45) is 5.73 Å². The van der Waals surface area contributed by atoms with Crippen molar-refractivity contribution in [3.63, 3.8) is 0 Å². The van der Waals surface area contributed by atoms with E-state index in [1.165, 1.54) is 54.3 Å². The van der Waals surface area contributed by atoms with E-state index < -0.39 is 30.2 Å². The molecular weight excluding hydrogens is 433 g/mol. The van der Waals surface area contributed by atoms with Crippen LogP contribution in [0.4, 0.5) is 29.8 Å². The molecule has 0 aliphatic carbocycles. The Hall–Kier alpha value is -3.60. The van der Waals surface area contributed by atoms with Gasteiger partial charge in [-0.25, -0.2) is 9.37 Å². The Morgan fingerprint density at radius 1 is 1.16 bits per heavy atom. The third kappa shape index (κ3) is 4.94. The second kappa shape index (κ2) is 9.04. The molecule has 162 valence electrons. The van der Waals surface area contributed by atoms with Crippen molar-refractivity contribution in [1.29, 1.82) is 0 Å². The quantitative estimate of drug-likeness (QED) is 0.506. The minimum atomic E-state index is -3.04. The molecule has 0 aliphatic heterocycles. The number of halogens is 3. The van der Waals surface area contributed by atoms with E-state index in [-0.39, 0.29) is 27.1 Å². The Bertz CT molecular complexity index is 1110. The van der Waals surface area contributed by atoms with Crippen molar-refractivity contribution < 1.29 is 27.5 Å². The first kappa shape index (κ1) is 22.1. The predicted octanol–water partition coefficient (Wildman–Crippen LogP) is 3.71. The average molecular weight is 450 g/mol. The van der Waals surface area contributed by atoms with Crippen LogP contribution in [0.1, 0.15) is 22.2 Å². The van der Waals surface area contributed by atoms with Gasteiger partial charge in [0.25, 0.3) is 0 Å². The predicted molar refractivity (Wildman–Crippen MR) is 110 cm³/mol. The fraction of sp³-hybridized carbons (Fsp3) is 0.150. The molecule has 3 rings (SSSR count). The molecule has 0 saturated heterocycles. The van der Waals surface area contributed by atoms with Crippen LogP contribution in [0.15, 0.2) is 48.5 Å². The normalized spacial score (nSPS) is 11.9. The number of rotatable bonds is 8. The van der Waals surface area contributed by atoms with Gasteiger partial charge >= 0.3 is 6.61 Å². The lowest BCUT2D eigenvalue weighted by Gasteiger charge is -2.26. The first-order valence-electron chi connectivity index (χ1n) is 8.87. The molecule has 1 atom stereocenters. The number of nitrogens with zero attached hydrogens (tertiary/aromatic N) is 2. The largest absolute Gasteiger partial charge is 0.435 e. The van der Waals surface area contributed by atoms with E-state index in [1.54, 1.807) is 0 Å². The summed E-state index contributed by atoms with van der Waals surface area (Å²) in [5, 5.41) is 0.179. The molecule has 0 radical (unpaired) electrons. The summed E-state index contributed by atoms with van der Waals surface area (Å²) in [6, 6.07) is 9.64. The van der Waals surface area contributed by atoms with Crippen LogP contribution < -0.4 is 21.1 Å². The molecule has 1 heterocycles.